The highest BCUT2D eigenvalue weighted by molar-refractivity contribution is 9.10. The molecule has 0 fully saturated rings. The van der Waals surface area contributed by atoms with Crippen LogP contribution in [0, 0.1) is 0 Å². The maximum Gasteiger partial charge on any atom is 0.260 e. The van der Waals surface area contributed by atoms with Crippen molar-refractivity contribution >= 4 is 61.1 Å². The predicted octanol–water partition coefficient (Wildman–Crippen LogP) is 3.58. The quantitative estimate of drug-likeness (QED) is 0.544. The zero-order valence-electron chi connectivity index (χ0n) is 13.1. The number of thiocarbonyl (C=S) groups is 1. The molecule has 0 aliphatic carbocycles. The fourth-order valence-corrected chi connectivity index (χ4v) is 3.45. The zero-order valence-corrected chi connectivity index (χ0v) is 16.3. The van der Waals surface area contributed by atoms with Crippen molar-refractivity contribution in [2.45, 2.75) is 12.3 Å². The van der Waals surface area contributed by atoms with Crippen LogP contribution in [0.5, 0.6) is 0 Å². The highest BCUT2D eigenvalue weighted by Crippen LogP contribution is 2.17. The molecule has 0 spiro atoms. The fraction of sp³-hybridized carbons (Fsp3) is 0.118. The summed E-state index contributed by atoms with van der Waals surface area (Å²) < 4.78 is 1.77. The van der Waals surface area contributed by atoms with Crippen molar-refractivity contribution in [3.05, 3.63) is 68.4 Å². The average molecular weight is 435 g/mol. The third-order valence-corrected chi connectivity index (χ3v) is 5.42. The number of anilines is 1. The first-order valence-electron chi connectivity index (χ1n) is 7.45. The van der Waals surface area contributed by atoms with Gasteiger partial charge in [0.2, 0.25) is 5.95 Å². The van der Waals surface area contributed by atoms with E-state index in [4.69, 9.17) is 18.0 Å². The molecule has 2 aromatic carbocycles. The fourth-order valence-electron chi connectivity index (χ4n) is 2.27. The minimum Gasteiger partial charge on any atom is -0.369 e. The van der Waals surface area contributed by atoms with Gasteiger partial charge in [-0.05, 0) is 35.4 Å². The molecule has 128 valence electrons. The van der Waals surface area contributed by atoms with Gasteiger partial charge in [0.1, 0.15) is 4.32 Å². The number of aromatic amines is 1. The number of rotatable bonds is 4. The van der Waals surface area contributed by atoms with Gasteiger partial charge in [-0.15, -0.1) is 0 Å². The van der Waals surface area contributed by atoms with E-state index in [2.05, 4.69) is 43.3 Å². The number of hydrogen-bond acceptors (Lipinski definition) is 5. The van der Waals surface area contributed by atoms with Crippen LogP contribution in [0.15, 0.2) is 51.7 Å². The lowest BCUT2D eigenvalue weighted by Gasteiger charge is -2.08. The summed E-state index contributed by atoms with van der Waals surface area (Å²) >= 11 is 10.4. The topological polar surface area (TPSA) is 83.8 Å². The van der Waals surface area contributed by atoms with Crippen molar-refractivity contribution in [3.63, 3.8) is 0 Å². The Kier molecular flexibility index (Phi) is 5.72. The first kappa shape index (κ1) is 17.9. The van der Waals surface area contributed by atoms with Crippen LogP contribution in [0.2, 0.25) is 0 Å². The Balaban J connectivity index is 1.59. The predicted molar refractivity (Wildman–Crippen MR) is 112 cm³/mol. The summed E-state index contributed by atoms with van der Waals surface area (Å²) in [5.74, 6) is 0.925. The molecule has 1 heterocycles. The second-order valence-corrected chi connectivity index (χ2v) is 7.93. The Hall–Kier alpha value is -1.90. The number of thioether (sulfide) groups is 1. The van der Waals surface area contributed by atoms with E-state index in [1.807, 2.05) is 18.2 Å². The molecule has 0 aliphatic heterocycles. The number of hydrogen-bond donors (Lipinski definition) is 3. The van der Waals surface area contributed by atoms with Crippen LogP contribution in [0.4, 0.5) is 5.95 Å². The molecule has 0 saturated carbocycles. The van der Waals surface area contributed by atoms with E-state index >= 15 is 0 Å². The molecule has 0 unspecified atom stereocenters. The third-order valence-electron chi connectivity index (χ3n) is 3.51. The summed E-state index contributed by atoms with van der Waals surface area (Å²) in [5, 5.41) is 3.72. The van der Waals surface area contributed by atoms with Crippen LogP contribution in [-0.2, 0) is 12.3 Å². The summed E-state index contributed by atoms with van der Waals surface area (Å²) in [6.07, 6.45) is 0. The van der Waals surface area contributed by atoms with E-state index in [-0.39, 0.29) is 11.5 Å². The van der Waals surface area contributed by atoms with Gasteiger partial charge in [-0.1, -0.05) is 58.1 Å². The highest BCUT2D eigenvalue weighted by Gasteiger charge is 2.05. The van der Waals surface area contributed by atoms with Crippen molar-refractivity contribution in [1.82, 2.24) is 15.3 Å². The van der Waals surface area contributed by atoms with Gasteiger partial charge in [0.05, 0.1) is 10.9 Å². The number of benzene rings is 2. The van der Waals surface area contributed by atoms with Crippen LogP contribution >= 0.6 is 39.9 Å². The first-order valence-corrected chi connectivity index (χ1v) is 9.63. The van der Waals surface area contributed by atoms with E-state index < -0.39 is 0 Å². The first-order chi connectivity index (χ1) is 12.0. The Bertz CT molecular complexity index is 973. The Labute approximate surface area is 162 Å². The van der Waals surface area contributed by atoms with Crippen LogP contribution in [0.3, 0.4) is 0 Å². The Morgan fingerprint density at radius 2 is 1.96 bits per heavy atom. The minimum atomic E-state index is -0.239. The lowest BCUT2D eigenvalue weighted by Crippen LogP contribution is -2.18. The van der Waals surface area contributed by atoms with Crippen molar-refractivity contribution in [1.29, 1.82) is 0 Å². The third kappa shape index (κ3) is 4.81. The van der Waals surface area contributed by atoms with Gasteiger partial charge in [0, 0.05) is 16.8 Å². The molecule has 8 heteroatoms. The molecule has 4 N–H and O–H groups in total. The Morgan fingerprint density at radius 3 is 2.72 bits per heavy atom. The van der Waals surface area contributed by atoms with E-state index in [9.17, 15) is 4.79 Å². The molecule has 0 radical (unpaired) electrons. The van der Waals surface area contributed by atoms with Crippen molar-refractivity contribution in [2.75, 3.05) is 5.73 Å². The Morgan fingerprint density at radius 1 is 1.24 bits per heavy atom. The standard InChI is InChI=1S/C17H15BrN4OS2/c18-12-4-1-10(2-5-12)9-25-17(24)20-8-11-3-6-14-13(7-11)15(23)22-16(19)21-14/h1-7H,8-9H2,(H,20,24)(H3,19,21,22,23). The molecule has 25 heavy (non-hydrogen) atoms. The normalized spacial score (nSPS) is 10.8. The second kappa shape index (κ2) is 7.99. The zero-order chi connectivity index (χ0) is 17.8. The molecular formula is C17H15BrN4OS2. The van der Waals surface area contributed by atoms with Gasteiger partial charge in [0.25, 0.3) is 5.56 Å². The van der Waals surface area contributed by atoms with E-state index in [1.54, 1.807) is 23.9 Å². The smallest absolute Gasteiger partial charge is 0.260 e. The number of nitrogens with one attached hydrogen (secondary N) is 2. The van der Waals surface area contributed by atoms with Crippen molar-refractivity contribution in [2.24, 2.45) is 0 Å². The molecular weight excluding hydrogens is 420 g/mol. The molecule has 3 aromatic rings. The maximum atomic E-state index is 11.9. The van der Waals surface area contributed by atoms with Gasteiger partial charge in [-0.2, -0.15) is 0 Å². The largest absolute Gasteiger partial charge is 0.369 e. The number of nitrogens with two attached hydrogens (primary N) is 1. The van der Waals surface area contributed by atoms with E-state index in [1.165, 1.54) is 5.56 Å². The number of aromatic nitrogens is 2. The van der Waals surface area contributed by atoms with Crippen LogP contribution < -0.4 is 16.6 Å². The summed E-state index contributed by atoms with van der Waals surface area (Å²) in [6, 6.07) is 13.6. The minimum absolute atomic E-state index is 0.119. The average Bonchev–Trinajstić information content (AvgIpc) is 2.59. The number of fused-ring (bicyclic) bond motifs is 1. The van der Waals surface area contributed by atoms with Gasteiger partial charge in [0.15, 0.2) is 0 Å². The number of halogens is 1. The molecule has 0 saturated heterocycles. The van der Waals surface area contributed by atoms with Gasteiger partial charge in [-0.25, -0.2) is 4.98 Å². The van der Waals surface area contributed by atoms with E-state index in [0.29, 0.717) is 21.8 Å². The maximum absolute atomic E-state index is 11.9. The SMILES string of the molecule is Nc1nc2ccc(CNC(=S)SCc3ccc(Br)cc3)cc2c(=O)[nH]1. The summed E-state index contributed by atoms with van der Waals surface area (Å²) in [7, 11) is 0. The van der Waals surface area contributed by atoms with Crippen LogP contribution in [-0.4, -0.2) is 14.3 Å². The highest BCUT2D eigenvalue weighted by atomic mass is 79.9. The molecule has 0 bridgehead atoms. The molecule has 5 nitrogen and oxygen atoms in total. The molecule has 1 aromatic heterocycles. The molecule has 0 aliphatic rings. The number of nitrogen functional groups attached to an aromatic ring is 1. The lowest BCUT2D eigenvalue weighted by molar-refractivity contribution is 0.941. The number of nitrogens with zero attached hydrogens (tertiary/aromatic N) is 1. The van der Waals surface area contributed by atoms with Gasteiger partial charge in [-0.3, -0.25) is 9.78 Å². The monoisotopic (exact) mass is 434 g/mol. The lowest BCUT2D eigenvalue weighted by atomic mass is 10.1. The van der Waals surface area contributed by atoms with E-state index in [0.717, 1.165) is 15.8 Å². The molecule has 3 rings (SSSR count). The van der Waals surface area contributed by atoms with Crippen molar-refractivity contribution in [3.8, 4) is 0 Å². The van der Waals surface area contributed by atoms with Gasteiger partial charge < -0.3 is 11.1 Å². The van der Waals surface area contributed by atoms with Crippen LogP contribution in [0.25, 0.3) is 10.9 Å². The number of H-pyrrole nitrogens is 1. The second-order valence-electron chi connectivity index (χ2n) is 5.36. The molecule has 0 amide bonds. The van der Waals surface area contributed by atoms with Crippen molar-refractivity contribution < 1.29 is 0 Å². The summed E-state index contributed by atoms with van der Waals surface area (Å²) in [5.41, 5.74) is 8.05. The van der Waals surface area contributed by atoms with Gasteiger partial charge >= 0.3 is 0 Å². The summed E-state index contributed by atoms with van der Waals surface area (Å²) in [6.45, 7) is 0.548. The molecule has 0 atom stereocenters. The van der Waals surface area contributed by atoms with Crippen LogP contribution in [0.1, 0.15) is 11.1 Å². The summed E-state index contributed by atoms with van der Waals surface area (Å²) in [4.78, 5) is 18.6.